The summed E-state index contributed by atoms with van der Waals surface area (Å²) in [7, 11) is 0. The first-order valence-electron chi connectivity index (χ1n) is 8.21. The number of nitrogens with zero attached hydrogens (tertiary/aromatic N) is 5. The zero-order valence-corrected chi connectivity index (χ0v) is 15.7. The molecule has 11 heteroatoms. The molecule has 1 aliphatic heterocycles. The molecule has 0 N–H and O–H groups in total. The minimum atomic E-state index is -0.478. The summed E-state index contributed by atoms with van der Waals surface area (Å²) in [4.78, 5) is 31.5. The second kappa shape index (κ2) is 7.55. The maximum Gasteiger partial charge on any atom is 0.324 e. The molecule has 140 valence electrons. The highest BCUT2D eigenvalue weighted by atomic mass is 32.1. The predicted octanol–water partition coefficient (Wildman–Crippen LogP) is 2.73. The molecule has 4 rings (SSSR count). The Morgan fingerprint density at radius 3 is 2.74 bits per heavy atom. The van der Waals surface area contributed by atoms with Gasteiger partial charge in [-0.2, -0.15) is 16.3 Å². The Balaban J connectivity index is 1.32. The van der Waals surface area contributed by atoms with Gasteiger partial charge in [-0.25, -0.2) is 0 Å². The van der Waals surface area contributed by atoms with Crippen molar-refractivity contribution < 1.29 is 14.2 Å². The van der Waals surface area contributed by atoms with Crippen molar-refractivity contribution in [3.63, 3.8) is 0 Å². The fourth-order valence-electron chi connectivity index (χ4n) is 2.82. The number of carbonyl (C=O) groups is 1. The SMILES string of the molecule is O=C(c1ccc([N+](=O)[O-])s1)N1CCN(Cc2nc(-c3ccsc3)no2)CC1. The van der Waals surface area contributed by atoms with Gasteiger partial charge in [0, 0.05) is 43.2 Å². The van der Waals surface area contributed by atoms with E-state index in [1.165, 1.54) is 12.1 Å². The lowest BCUT2D eigenvalue weighted by molar-refractivity contribution is -0.380. The first-order chi connectivity index (χ1) is 13.1. The van der Waals surface area contributed by atoms with Gasteiger partial charge < -0.3 is 9.42 Å². The molecule has 4 heterocycles. The van der Waals surface area contributed by atoms with Gasteiger partial charge in [0.05, 0.1) is 16.3 Å². The standard InChI is InChI=1S/C16H15N5O4S2/c22-16(12-1-2-14(27-12)21(23)24)20-6-4-19(5-7-20)9-13-17-15(18-25-13)11-3-8-26-10-11/h1-3,8,10H,4-7,9H2. The minimum Gasteiger partial charge on any atom is -0.338 e. The molecule has 3 aromatic rings. The summed E-state index contributed by atoms with van der Waals surface area (Å²) in [6.07, 6.45) is 0. The summed E-state index contributed by atoms with van der Waals surface area (Å²) < 4.78 is 5.32. The molecule has 0 unspecified atom stereocenters. The Labute approximate surface area is 162 Å². The second-order valence-corrected chi connectivity index (χ2v) is 7.83. The van der Waals surface area contributed by atoms with Gasteiger partial charge in [-0.3, -0.25) is 19.8 Å². The molecule has 0 atom stereocenters. The van der Waals surface area contributed by atoms with Gasteiger partial charge in [0.15, 0.2) is 0 Å². The van der Waals surface area contributed by atoms with Crippen LogP contribution in [0.15, 0.2) is 33.5 Å². The molecule has 9 nitrogen and oxygen atoms in total. The fraction of sp³-hybridized carbons (Fsp3) is 0.312. The monoisotopic (exact) mass is 405 g/mol. The van der Waals surface area contributed by atoms with Crippen LogP contribution in [-0.2, 0) is 6.54 Å². The smallest absolute Gasteiger partial charge is 0.324 e. The number of thiophene rings is 2. The molecule has 3 aromatic heterocycles. The number of amides is 1. The second-order valence-electron chi connectivity index (χ2n) is 5.99. The molecular formula is C16H15N5O4S2. The van der Waals surface area contributed by atoms with Gasteiger partial charge in [-0.15, -0.1) is 0 Å². The zero-order chi connectivity index (χ0) is 18.8. The topological polar surface area (TPSA) is 106 Å². The van der Waals surface area contributed by atoms with Gasteiger partial charge in [-0.1, -0.05) is 16.5 Å². The molecule has 1 saturated heterocycles. The van der Waals surface area contributed by atoms with E-state index in [-0.39, 0.29) is 10.9 Å². The van der Waals surface area contributed by atoms with Crippen LogP contribution in [0.5, 0.6) is 0 Å². The summed E-state index contributed by atoms with van der Waals surface area (Å²) in [6, 6.07) is 4.83. The molecule has 0 aliphatic carbocycles. The number of nitro groups is 1. The van der Waals surface area contributed by atoms with Crippen LogP contribution >= 0.6 is 22.7 Å². The average molecular weight is 405 g/mol. The fourth-order valence-corrected chi connectivity index (χ4v) is 4.25. The molecule has 0 saturated carbocycles. The first kappa shape index (κ1) is 17.8. The van der Waals surface area contributed by atoms with Gasteiger partial charge >= 0.3 is 5.00 Å². The van der Waals surface area contributed by atoms with Gasteiger partial charge in [-0.05, 0) is 17.5 Å². The first-order valence-corrected chi connectivity index (χ1v) is 9.97. The summed E-state index contributed by atoms with van der Waals surface area (Å²) in [5, 5.41) is 18.7. The van der Waals surface area contributed by atoms with Crippen LogP contribution in [0, 0.1) is 10.1 Å². The number of rotatable bonds is 5. The van der Waals surface area contributed by atoms with Crippen molar-refractivity contribution in [3.05, 3.63) is 49.8 Å². The van der Waals surface area contributed by atoms with E-state index < -0.39 is 4.92 Å². The number of carbonyl (C=O) groups excluding carboxylic acids is 1. The highest BCUT2D eigenvalue weighted by molar-refractivity contribution is 7.17. The summed E-state index contributed by atoms with van der Waals surface area (Å²) >= 11 is 2.49. The van der Waals surface area contributed by atoms with E-state index in [9.17, 15) is 14.9 Å². The third-order valence-corrected chi connectivity index (χ3v) is 5.96. The Morgan fingerprint density at radius 1 is 1.26 bits per heavy atom. The summed E-state index contributed by atoms with van der Waals surface area (Å²) in [5.41, 5.74) is 0.940. The maximum absolute atomic E-state index is 12.5. The van der Waals surface area contributed by atoms with Crippen LogP contribution in [0.1, 0.15) is 15.6 Å². The average Bonchev–Trinajstić information content (AvgIpc) is 3.42. The Bertz CT molecular complexity index is 944. The van der Waals surface area contributed by atoms with E-state index in [2.05, 4.69) is 15.0 Å². The van der Waals surface area contributed by atoms with E-state index in [1.54, 1.807) is 16.2 Å². The summed E-state index contributed by atoms with van der Waals surface area (Å²) in [5.74, 6) is 0.967. The third kappa shape index (κ3) is 3.89. The molecule has 27 heavy (non-hydrogen) atoms. The van der Waals surface area contributed by atoms with Crippen molar-refractivity contribution in [1.29, 1.82) is 0 Å². The minimum absolute atomic E-state index is 0.0187. The Morgan fingerprint density at radius 2 is 2.07 bits per heavy atom. The van der Waals surface area contributed by atoms with Crippen LogP contribution in [-0.4, -0.2) is 56.9 Å². The van der Waals surface area contributed by atoms with Crippen LogP contribution < -0.4 is 0 Å². The number of piperazine rings is 1. The van der Waals surface area contributed by atoms with Crippen LogP contribution in [0.25, 0.3) is 11.4 Å². The molecule has 0 spiro atoms. The molecule has 0 bridgehead atoms. The lowest BCUT2D eigenvalue weighted by Gasteiger charge is -2.33. The maximum atomic E-state index is 12.5. The predicted molar refractivity (Wildman–Crippen MR) is 99.8 cm³/mol. The van der Waals surface area contributed by atoms with E-state index in [1.807, 2.05) is 16.8 Å². The van der Waals surface area contributed by atoms with E-state index in [0.29, 0.717) is 49.3 Å². The lowest BCUT2D eigenvalue weighted by atomic mass is 10.3. The van der Waals surface area contributed by atoms with Crippen molar-refractivity contribution >= 4 is 33.6 Å². The number of hydrogen-bond donors (Lipinski definition) is 0. The zero-order valence-electron chi connectivity index (χ0n) is 14.1. The van der Waals surface area contributed by atoms with Crippen LogP contribution in [0.3, 0.4) is 0 Å². The van der Waals surface area contributed by atoms with Gasteiger partial charge in [0.1, 0.15) is 0 Å². The quantitative estimate of drug-likeness (QED) is 0.475. The summed E-state index contributed by atoms with van der Waals surface area (Å²) in [6.45, 7) is 2.99. The van der Waals surface area contributed by atoms with E-state index in [4.69, 9.17) is 4.52 Å². The number of hydrogen-bond acceptors (Lipinski definition) is 9. The molecule has 1 aliphatic rings. The third-order valence-electron chi connectivity index (χ3n) is 4.25. The van der Waals surface area contributed by atoms with E-state index in [0.717, 1.165) is 16.9 Å². The Hall–Kier alpha value is -2.63. The number of aromatic nitrogens is 2. The van der Waals surface area contributed by atoms with Gasteiger partial charge in [0.25, 0.3) is 5.91 Å². The lowest BCUT2D eigenvalue weighted by Crippen LogP contribution is -2.48. The highest BCUT2D eigenvalue weighted by Gasteiger charge is 2.25. The van der Waals surface area contributed by atoms with Crippen molar-refractivity contribution in [2.75, 3.05) is 26.2 Å². The normalized spacial score (nSPS) is 15.2. The van der Waals surface area contributed by atoms with E-state index >= 15 is 0 Å². The molecule has 0 aromatic carbocycles. The Kier molecular flexibility index (Phi) is 4.97. The van der Waals surface area contributed by atoms with Crippen molar-refractivity contribution in [3.8, 4) is 11.4 Å². The molecule has 1 amide bonds. The van der Waals surface area contributed by atoms with Gasteiger partial charge in [0.2, 0.25) is 11.7 Å². The largest absolute Gasteiger partial charge is 0.338 e. The van der Waals surface area contributed by atoms with Crippen LogP contribution in [0.2, 0.25) is 0 Å². The van der Waals surface area contributed by atoms with Crippen LogP contribution in [0.4, 0.5) is 5.00 Å². The highest BCUT2D eigenvalue weighted by Crippen LogP contribution is 2.25. The van der Waals surface area contributed by atoms with Crippen molar-refractivity contribution in [2.45, 2.75) is 6.54 Å². The molecule has 0 radical (unpaired) electrons. The van der Waals surface area contributed by atoms with Crippen molar-refractivity contribution in [2.24, 2.45) is 0 Å². The van der Waals surface area contributed by atoms with Crippen molar-refractivity contribution in [1.82, 2.24) is 19.9 Å². The molecular weight excluding hydrogens is 390 g/mol. The molecule has 1 fully saturated rings.